The molecule has 0 fully saturated rings. The third-order valence-electron chi connectivity index (χ3n) is 5.71. The van der Waals surface area contributed by atoms with Crippen LogP contribution in [0.3, 0.4) is 0 Å². The van der Waals surface area contributed by atoms with Crippen LogP contribution >= 0.6 is 0 Å². The highest BCUT2D eigenvalue weighted by atomic mass is 32.2. The van der Waals surface area contributed by atoms with E-state index in [0.29, 0.717) is 24.8 Å². The number of nitrogens with zero attached hydrogens (tertiary/aromatic N) is 5. The van der Waals surface area contributed by atoms with Crippen molar-refractivity contribution in [3.63, 3.8) is 0 Å². The Morgan fingerprint density at radius 2 is 1.70 bits per heavy atom. The number of hydrogen-bond donors (Lipinski definition) is 1. The summed E-state index contributed by atoms with van der Waals surface area (Å²) in [5.41, 5.74) is 3.80. The van der Waals surface area contributed by atoms with E-state index in [1.165, 1.54) is 10.5 Å². The standard InChI is InChI=1S/C27H26N6O3S/c1-32-19-30-26-23(20-9-5-3-6-10-20)17-21(18-24(26)32)33(37(2,34)35)25-13-14-28-27(31-25)29-15-16-36-22-11-7-4-8-12-22/h3-14,17-19H,15-16H2,1-2H3,(H,28,29,31). The highest BCUT2D eigenvalue weighted by molar-refractivity contribution is 7.92. The summed E-state index contributed by atoms with van der Waals surface area (Å²) < 4.78 is 34.9. The first-order valence-corrected chi connectivity index (χ1v) is 13.5. The molecule has 0 bridgehead atoms. The van der Waals surface area contributed by atoms with Gasteiger partial charge in [-0.25, -0.2) is 22.7 Å². The summed E-state index contributed by atoms with van der Waals surface area (Å²) in [6.07, 6.45) is 4.41. The third-order valence-corrected chi connectivity index (χ3v) is 6.77. The van der Waals surface area contributed by atoms with E-state index < -0.39 is 10.0 Å². The second-order valence-corrected chi connectivity index (χ2v) is 10.3. The normalized spacial score (nSPS) is 11.4. The molecule has 188 valence electrons. The van der Waals surface area contributed by atoms with Crippen LogP contribution in [0.25, 0.3) is 22.2 Å². The zero-order valence-corrected chi connectivity index (χ0v) is 21.3. The topological polar surface area (TPSA) is 102 Å². The summed E-state index contributed by atoms with van der Waals surface area (Å²) in [4.78, 5) is 13.3. The van der Waals surface area contributed by atoms with Gasteiger partial charge in [-0.1, -0.05) is 48.5 Å². The summed E-state index contributed by atoms with van der Waals surface area (Å²) in [6.45, 7) is 0.835. The number of aryl methyl sites for hydroxylation is 1. The second-order valence-electron chi connectivity index (χ2n) is 8.44. The van der Waals surface area contributed by atoms with Crippen molar-refractivity contribution in [2.75, 3.05) is 29.0 Å². The monoisotopic (exact) mass is 514 g/mol. The van der Waals surface area contributed by atoms with E-state index >= 15 is 0 Å². The molecule has 0 saturated carbocycles. The molecule has 1 N–H and O–H groups in total. The van der Waals surface area contributed by atoms with E-state index in [9.17, 15) is 8.42 Å². The summed E-state index contributed by atoms with van der Waals surface area (Å²) in [5, 5.41) is 3.10. The van der Waals surface area contributed by atoms with Crippen LogP contribution < -0.4 is 14.4 Å². The van der Waals surface area contributed by atoms with Crippen LogP contribution in [0.15, 0.2) is 91.4 Å². The molecule has 0 aliphatic heterocycles. The lowest BCUT2D eigenvalue weighted by atomic mass is 10.0. The fourth-order valence-electron chi connectivity index (χ4n) is 4.06. The molecule has 3 aromatic carbocycles. The predicted octanol–water partition coefficient (Wildman–Crippen LogP) is 4.62. The molecule has 0 radical (unpaired) electrons. The van der Waals surface area contributed by atoms with E-state index in [1.807, 2.05) is 78.3 Å². The van der Waals surface area contributed by atoms with Crippen LogP contribution in [0, 0.1) is 0 Å². The van der Waals surface area contributed by atoms with Gasteiger partial charge < -0.3 is 14.6 Å². The molecule has 0 spiro atoms. The van der Waals surface area contributed by atoms with Crippen LogP contribution in [0.5, 0.6) is 5.75 Å². The number of ether oxygens (including phenoxy) is 1. The fraction of sp³-hybridized carbons (Fsp3) is 0.148. The molecule has 2 aromatic heterocycles. The fourth-order valence-corrected chi connectivity index (χ4v) is 4.99. The molecule has 0 unspecified atom stereocenters. The Kier molecular flexibility index (Phi) is 6.74. The van der Waals surface area contributed by atoms with Crippen LogP contribution in [-0.2, 0) is 17.1 Å². The first-order chi connectivity index (χ1) is 17.9. The Bertz CT molecular complexity index is 1620. The van der Waals surface area contributed by atoms with Gasteiger partial charge in [-0.05, 0) is 29.8 Å². The zero-order valence-electron chi connectivity index (χ0n) is 20.4. The molecular formula is C27H26N6O3S. The number of imidazole rings is 1. The number of hydrogen-bond acceptors (Lipinski definition) is 7. The third kappa shape index (κ3) is 5.39. The van der Waals surface area contributed by atoms with Crippen molar-refractivity contribution in [2.45, 2.75) is 0 Å². The second kappa shape index (κ2) is 10.3. The number of nitrogens with one attached hydrogen (secondary N) is 1. The lowest BCUT2D eigenvalue weighted by molar-refractivity contribution is 0.332. The quantitative estimate of drug-likeness (QED) is 0.286. The number of aromatic nitrogens is 4. The van der Waals surface area contributed by atoms with Crippen molar-refractivity contribution in [1.82, 2.24) is 19.5 Å². The van der Waals surface area contributed by atoms with E-state index in [1.54, 1.807) is 18.5 Å². The number of sulfonamides is 1. The summed E-state index contributed by atoms with van der Waals surface area (Å²) in [5.74, 6) is 1.29. The number of anilines is 3. The van der Waals surface area contributed by atoms with Gasteiger partial charge in [0.1, 0.15) is 12.4 Å². The SMILES string of the molecule is Cn1cnc2c(-c3ccccc3)cc(N(c3ccnc(NCCOc4ccccc4)n3)S(C)(=O)=O)cc21. The van der Waals surface area contributed by atoms with E-state index in [2.05, 4.69) is 20.3 Å². The highest BCUT2D eigenvalue weighted by Gasteiger charge is 2.24. The molecule has 0 atom stereocenters. The molecule has 0 saturated heterocycles. The average molecular weight is 515 g/mol. The Morgan fingerprint density at radius 1 is 0.973 bits per heavy atom. The molecule has 0 amide bonds. The van der Waals surface area contributed by atoms with Crippen LogP contribution in [-0.4, -0.2) is 47.3 Å². The van der Waals surface area contributed by atoms with E-state index in [0.717, 1.165) is 34.2 Å². The minimum Gasteiger partial charge on any atom is -0.492 e. The van der Waals surface area contributed by atoms with Crippen molar-refractivity contribution in [3.05, 3.63) is 91.4 Å². The molecule has 0 aliphatic rings. The molecule has 5 aromatic rings. The maximum atomic E-state index is 13.1. The summed E-state index contributed by atoms with van der Waals surface area (Å²) >= 11 is 0. The van der Waals surface area contributed by atoms with Crippen molar-refractivity contribution in [3.8, 4) is 16.9 Å². The van der Waals surface area contributed by atoms with Gasteiger partial charge in [0, 0.05) is 24.9 Å². The number of benzene rings is 3. The van der Waals surface area contributed by atoms with Crippen molar-refractivity contribution in [1.29, 1.82) is 0 Å². The molecule has 9 nitrogen and oxygen atoms in total. The summed E-state index contributed by atoms with van der Waals surface area (Å²) in [7, 11) is -1.87. The predicted molar refractivity (Wildman–Crippen MR) is 146 cm³/mol. The minimum atomic E-state index is -3.75. The first-order valence-electron chi connectivity index (χ1n) is 11.7. The van der Waals surface area contributed by atoms with E-state index in [-0.39, 0.29) is 5.82 Å². The number of para-hydroxylation sites is 1. The van der Waals surface area contributed by atoms with Gasteiger partial charge in [0.25, 0.3) is 0 Å². The van der Waals surface area contributed by atoms with Gasteiger partial charge in [0.15, 0.2) is 5.82 Å². The van der Waals surface area contributed by atoms with Gasteiger partial charge >= 0.3 is 0 Å². The maximum absolute atomic E-state index is 13.1. The molecule has 37 heavy (non-hydrogen) atoms. The average Bonchev–Trinajstić information content (AvgIpc) is 3.27. The highest BCUT2D eigenvalue weighted by Crippen LogP contribution is 2.36. The maximum Gasteiger partial charge on any atom is 0.237 e. The van der Waals surface area contributed by atoms with Gasteiger partial charge in [-0.15, -0.1) is 0 Å². The molecule has 0 aliphatic carbocycles. The van der Waals surface area contributed by atoms with Gasteiger partial charge in [0.2, 0.25) is 16.0 Å². The van der Waals surface area contributed by atoms with Crippen LogP contribution in [0.2, 0.25) is 0 Å². The Labute approximate surface area is 215 Å². The minimum absolute atomic E-state index is 0.226. The largest absolute Gasteiger partial charge is 0.492 e. The Balaban J connectivity index is 1.48. The lowest BCUT2D eigenvalue weighted by Gasteiger charge is -2.23. The molecule has 5 rings (SSSR count). The van der Waals surface area contributed by atoms with Crippen LogP contribution in [0.4, 0.5) is 17.5 Å². The molecule has 2 heterocycles. The first kappa shape index (κ1) is 24.3. The number of rotatable bonds is 9. The van der Waals surface area contributed by atoms with Crippen molar-refractivity contribution < 1.29 is 13.2 Å². The molecular weight excluding hydrogens is 488 g/mol. The van der Waals surface area contributed by atoms with Gasteiger partial charge in [-0.3, -0.25) is 0 Å². The zero-order chi connectivity index (χ0) is 25.8. The summed E-state index contributed by atoms with van der Waals surface area (Å²) in [6, 6.07) is 24.5. The van der Waals surface area contributed by atoms with Crippen molar-refractivity contribution >= 4 is 38.5 Å². The smallest absolute Gasteiger partial charge is 0.237 e. The Hall–Kier alpha value is -4.44. The number of fused-ring (bicyclic) bond motifs is 1. The Morgan fingerprint density at radius 3 is 2.43 bits per heavy atom. The molecule has 10 heteroatoms. The van der Waals surface area contributed by atoms with E-state index in [4.69, 9.17) is 4.74 Å². The lowest BCUT2D eigenvalue weighted by Crippen LogP contribution is -2.26. The van der Waals surface area contributed by atoms with Crippen molar-refractivity contribution in [2.24, 2.45) is 7.05 Å². The van der Waals surface area contributed by atoms with Gasteiger partial charge in [0.05, 0.1) is 35.8 Å². The van der Waals surface area contributed by atoms with Gasteiger partial charge in [-0.2, -0.15) is 4.98 Å². The van der Waals surface area contributed by atoms with Crippen LogP contribution in [0.1, 0.15) is 0 Å².